The summed E-state index contributed by atoms with van der Waals surface area (Å²) in [6, 6.07) is 17.6. The quantitative estimate of drug-likeness (QED) is 0.651. The van der Waals surface area contributed by atoms with Gasteiger partial charge in [-0.05, 0) is 24.0 Å². The first-order chi connectivity index (χ1) is 13.4. The minimum atomic E-state index is -0.980. The molecule has 2 amide bonds. The molecule has 0 radical (unpaired) electrons. The second-order valence-electron chi connectivity index (χ2n) is 6.63. The van der Waals surface area contributed by atoms with Crippen molar-refractivity contribution in [3.63, 3.8) is 0 Å². The average Bonchev–Trinajstić information content (AvgIpc) is 2.68. The maximum atomic E-state index is 13.1. The van der Waals surface area contributed by atoms with Crippen LogP contribution in [0.25, 0.3) is 0 Å². The number of benzene rings is 2. The molecule has 6 heteroatoms. The second kappa shape index (κ2) is 10.3. The van der Waals surface area contributed by atoms with Gasteiger partial charge in [0.1, 0.15) is 6.04 Å². The summed E-state index contributed by atoms with van der Waals surface area (Å²) in [6.45, 7) is 3.65. The third-order valence-corrected chi connectivity index (χ3v) is 4.50. The van der Waals surface area contributed by atoms with Crippen LogP contribution in [0.5, 0.6) is 0 Å². The third kappa shape index (κ3) is 5.67. The molecule has 0 spiro atoms. The van der Waals surface area contributed by atoms with Gasteiger partial charge in [0.15, 0.2) is 0 Å². The van der Waals surface area contributed by atoms with Crippen molar-refractivity contribution in [3.05, 3.63) is 71.8 Å². The van der Waals surface area contributed by atoms with E-state index in [2.05, 4.69) is 5.32 Å². The van der Waals surface area contributed by atoms with E-state index in [0.29, 0.717) is 0 Å². The van der Waals surface area contributed by atoms with Crippen LogP contribution >= 0.6 is 0 Å². The van der Waals surface area contributed by atoms with Gasteiger partial charge in [0, 0.05) is 0 Å². The fourth-order valence-corrected chi connectivity index (χ4v) is 3.12. The highest BCUT2D eigenvalue weighted by molar-refractivity contribution is 5.92. The molecule has 0 bridgehead atoms. The second-order valence-corrected chi connectivity index (χ2v) is 6.63. The summed E-state index contributed by atoms with van der Waals surface area (Å²) in [6.07, 6.45) is -0.0108. The fourth-order valence-electron chi connectivity index (χ4n) is 3.12. The molecule has 3 N–H and O–H groups in total. The normalized spacial score (nSPS) is 12.8. The molecule has 0 aliphatic rings. The molecular formula is C22H26N2O4. The Bertz CT molecular complexity index is 753. The van der Waals surface area contributed by atoms with E-state index >= 15 is 0 Å². The lowest BCUT2D eigenvalue weighted by Crippen LogP contribution is -2.50. The highest BCUT2D eigenvalue weighted by Gasteiger charge is 2.31. The van der Waals surface area contributed by atoms with Crippen LogP contribution in [-0.4, -0.2) is 30.4 Å². The molecule has 28 heavy (non-hydrogen) atoms. The van der Waals surface area contributed by atoms with Gasteiger partial charge >= 0.3 is 5.97 Å². The lowest BCUT2D eigenvalue weighted by Gasteiger charge is -2.25. The SMILES string of the molecule is CCOC(=O)C[C@H](C)[C@H](NC(=O)C(c1ccccc1)c1ccccc1)C(N)=O. The number of ether oxygens (including phenoxy) is 1. The molecule has 2 rings (SSSR count). The molecule has 2 aromatic rings. The van der Waals surface area contributed by atoms with Crippen molar-refractivity contribution in [2.24, 2.45) is 11.7 Å². The Labute approximate surface area is 165 Å². The summed E-state index contributed by atoms with van der Waals surface area (Å²) >= 11 is 0. The van der Waals surface area contributed by atoms with E-state index in [1.165, 1.54) is 0 Å². The Hall–Kier alpha value is -3.15. The largest absolute Gasteiger partial charge is 0.466 e. The molecule has 0 saturated heterocycles. The van der Waals surface area contributed by atoms with Crippen molar-refractivity contribution in [1.29, 1.82) is 0 Å². The van der Waals surface area contributed by atoms with E-state index < -0.39 is 29.8 Å². The van der Waals surface area contributed by atoms with Crippen molar-refractivity contribution >= 4 is 17.8 Å². The first-order valence-electron chi connectivity index (χ1n) is 9.29. The van der Waals surface area contributed by atoms with Gasteiger partial charge < -0.3 is 15.8 Å². The van der Waals surface area contributed by atoms with E-state index in [9.17, 15) is 14.4 Å². The highest BCUT2D eigenvalue weighted by Crippen LogP contribution is 2.25. The van der Waals surface area contributed by atoms with E-state index in [-0.39, 0.29) is 18.9 Å². The highest BCUT2D eigenvalue weighted by atomic mass is 16.5. The maximum absolute atomic E-state index is 13.1. The van der Waals surface area contributed by atoms with Gasteiger partial charge in [0.25, 0.3) is 0 Å². The van der Waals surface area contributed by atoms with Gasteiger partial charge in [-0.2, -0.15) is 0 Å². The lowest BCUT2D eigenvalue weighted by molar-refractivity contribution is -0.144. The van der Waals surface area contributed by atoms with Crippen LogP contribution in [0.2, 0.25) is 0 Å². The number of rotatable bonds is 9. The van der Waals surface area contributed by atoms with Crippen molar-refractivity contribution in [1.82, 2.24) is 5.32 Å². The summed E-state index contributed by atoms with van der Waals surface area (Å²) in [5.41, 5.74) is 7.10. The molecule has 6 nitrogen and oxygen atoms in total. The van der Waals surface area contributed by atoms with Gasteiger partial charge in [-0.15, -0.1) is 0 Å². The number of carbonyl (C=O) groups excluding carboxylic acids is 3. The fraction of sp³-hybridized carbons (Fsp3) is 0.318. The Kier molecular flexibility index (Phi) is 7.75. The molecule has 0 saturated carbocycles. The summed E-state index contributed by atoms with van der Waals surface area (Å²) in [7, 11) is 0. The van der Waals surface area contributed by atoms with E-state index in [0.717, 1.165) is 11.1 Å². The standard InChI is InChI=1S/C22H26N2O4/c1-3-28-18(25)14-15(2)20(21(23)26)24-22(27)19(16-10-6-4-7-11-16)17-12-8-5-9-13-17/h4-13,15,19-20H,3,14H2,1-2H3,(H2,23,26)(H,24,27)/t15-,20-/m0/s1. The Morgan fingerprint density at radius 3 is 1.89 bits per heavy atom. The van der Waals surface area contributed by atoms with Crippen LogP contribution in [0.3, 0.4) is 0 Å². The van der Waals surface area contributed by atoms with Gasteiger partial charge in [-0.1, -0.05) is 67.6 Å². The topological polar surface area (TPSA) is 98.5 Å². The molecule has 0 aliphatic carbocycles. The number of hydrogen-bond donors (Lipinski definition) is 2. The minimum Gasteiger partial charge on any atom is -0.466 e. The first-order valence-corrected chi connectivity index (χ1v) is 9.29. The number of amides is 2. The zero-order valence-electron chi connectivity index (χ0n) is 16.1. The van der Waals surface area contributed by atoms with Crippen LogP contribution in [0.1, 0.15) is 37.3 Å². The molecular weight excluding hydrogens is 356 g/mol. The van der Waals surface area contributed by atoms with Gasteiger partial charge in [-0.3, -0.25) is 14.4 Å². The summed E-state index contributed by atoms with van der Waals surface area (Å²) in [5, 5.41) is 2.74. The Morgan fingerprint density at radius 1 is 0.964 bits per heavy atom. The van der Waals surface area contributed by atoms with Crippen LogP contribution in [0.4, 0.5) is 0 Å². The van der Waals surface area contributed by atoms with Gasteiger partial charge in [-0.25, -0.2) is 0 Å². The van der Waals surface area contributed by atoms with Crippen LogP contribution < -0.4 is 11.1 Å². The Balaban J connectivity index is 2.25. The Morgan fingerprint density at radius 2 is 1.46 bits per heavy atom. The molecule has 148 valence electrons. The van der Waals surface area contributed by atoms with E-state index in [1.54, 1.807) is 13.8 Å². The number of carbonyl (C=O) groups is 3. The monoisotopic (exact) mass is 382 g/mol. The zero-order chi connectivity index (χ0) is 20.5. The minimum absolute atomic E-state index is 0.0108. The number of nitrogens with one attached hydrogen (secondary N) is 1. The zero-order valence-corrected chi connectivity index (χ0v) is 16.1. The van der Waals surface area contributed by atoms with Gasteiger partial charge in [0.2, 0.25) is 11.8 Å². The van der Waals surface area contributed by atoms with Crippen molar-refractivity contribution < 1.29 is 19.1 Å². The lowest BCUT2D eigenvalue weighted by atomic mass is 9.89. The van der Waals surface area contributed by atoms with E-state index in [1.807, 2.05) is 60.7 Å². The van der Waals surface area contributed by atoms with Gasteiger partial charge in [0.05, 0.1) is 18.9 Å². The molecule has 2 aromatic carbocycles. The number of primary amides is 1. The molecule has 2 atom stereocenters. The van der Waals surface area contributed by atoms with E-state index in [4.69, 9.17) is 10.5 Å². The van der Waals surface area contributed by atoms with Crippen molar-refractivity contribution in [3.8, 4) is 0 Å². The summed E-state index contributed by atoms with van der Waals surface area (Å²) in [5.74, 6) is -2.56. The van der Waals surface area contributed by atoms with Crippen LogP contribution in [0, 0.1) is 5.92 Å². The summed E-state index contributed by atoms with van der Waals surface area (Å²) in [4.78, 5) is 36.9. The first kappa shape index (κ1) is 21.2. The molecule has 0 aliphatic heterocycles. The molecule has 0 heterocycles. The molecule has 0 fully saturated rings. The smallest absolute Gasteiger partial charge is 0.306 e. The number of nitrogens with two attached hydrogens (primary N) is 1. The number of esters is 1. The van der Waals surface area contributed by atoms with Crippen molar-refractivity contribution in [2.75, 3.05) is 6.61 Å². The van der Waals surface area contributed by atoms with Crippen LogP contribution in [-0.2, 0) is 19.1 Å². The maximum Gasteiger partial charge on any atom is 0.306 e. The molecule has 0 unspecified atom stereocenters. The predicted octanol–water partition coefficient (Wildman–Crippen LogP) is 2.38. The summed E-state index contributed by atoms with van der Waals surface area (Å²) < 4.78 is 4.93. The third-order valence-electron chi connectivity index (χ3n) is 4.50. The molecule has 0 aromatic heterocycles. The number of hydrogen-bond acceptors (Lipinski definition) is 4. The van der Waals surface area contributed by atoms with Crippen LogP contribution in [0.15, 0.2) is 60.7 Å². The average molecular weight is 382 g/mol. The predicted molar refractivity (Wildman–Crippen MR) is 106 cm³/mol. The van der Waals surface area contributed by atoms with Crippen molar-refractivity contribution in [2.45, 2.75) is 32.2 Å².